The first-order valence-electron chi connectivity index (χ1n) is 7.39. The number of carbonyl (C=O) groups excluding carboxylic acids is 2. The van der Waals surface area contributed by atoms with E-state index in [9.17, 15) is 18.4 Å². The third-order valence-electron chi connectivity index (χ3n) is 3.46. The lowest BCUT2D eigenvalue weighted by Gasteiger charge is -2.13. The van der Waals surface area contributed by atoms with Crippen LogP contribution in [-0.4, -0.2) is 18.0 Å². The molecule has 0 spiro atoms. The summed E-state index contributed by atoms with van der Waals surface area (Å²) in [6.45, 7) is 1.39. The summed E-state index contributed by atoms with van der Waals surface area (Å²) >= 11 is 1.14. The molecule has 4 nitrogen and oxygen atoms in total. The van der Waals surface area contributed by atoms with E-state index in [-0.39, 0.29) is 10.6 Å². The molecule has 1 aromatic heterocycles. The first kappa shape index (κ1) is 17.0. The van der Waals surface area contributed by atoms with Gasteiger partial charge in [-0.3, -0.25) is 4.79 Å². The Bertz CT molecular complexity index is 954. The molecule has 0 aliphatic heterocycles. The molecule has 3 rings (SSSR count). The zero-order chi connectivity index (χ0) is 18.0. The molecule has 0 aliphatic carbocycles. The van der Waals surface area contributed by atoms with Crippen molar-refractivity contribution in [3.05, 3.63) is 65.0 Å². The van der Waals surface area contributed by atoms with Gasteiger partial charge < -0.3 is 10.1 Å². The smallest absolute Gasteiger partial charge is 0.349 e. The number of hydrogen-bond donors (Lipinski definition) is 1. The van der Waals surface area contributed by atoms with E-state index in [1.807, 2.05) is 0 Å². The van der Waals surface area contributed by atoms with Crippen molar-refractivity contribution in [3.63, 3.8) is 0 Å². The molecule has 0 fully saturated rings. The summed E-state index contributed by atoms with van der Waals surface area (Å²) in [4.78, 5) is 24.5. The second kappa shape index (κ2) is 6.98. The van der Waals surface area contributed by atoms with Crippen LogP contribution in [-0.2, 0) is 9.53 Å². The molecule has 128 valence electrons. The van der Waals surface area contributed by atoms with Crippen molar-refractivity contribution in [2.75, 3.05) is 5.32 Å². The Labute approximate surface area is 146 Å². The summed E-state index contributed by atoms with van der Waals surface area (Å²) in [5.41, 5.74) is 0.00716. The molecular formula is C18H13F2NO3S. The number of anilines is 1. The van der Waals surface area contributed by atoms with E-state index in [0.29, 0.717) is 5.39 Å². The van der Waals surface area contributed by atoms with Crippen LogP contribution in [0.2, 0.25) is 0 Å². The quantitative estimate of drug-likeness (QED) is 0.703. The van der Waals surface area contributed by atoms with Crippen molar-refractivity contribution in [3.8, 4) is 0 Å². The van der Waals surface area contributed by atoms with Crippen molar-refractivity contribution >= 4 is 39.0 Å². The first-order chi connectivity index (χ1) is 11.9. The van der Waals surface area contributed by atoms with Crippen molar-refractivity contribution < 1.29 is 23.1 Å². The van der Waals surface area contributed by atoms with Gasteiger partial charge >= 0.3 is 5.97 Å². The lowest BCUT2D eigenvalue weighted by molar-refractivity contribution is -0.123. The number of para-hydroxylation sites is 1. The highest BCUT2D eigenvalue weighted by Gasteiger charge is 2.21. The number of nitrogens with one attached hydrogen (secondary N) is 1. The molecule has 7 heteroatoms. The van der Waals surface area contributed by atoms with Crippen LogP contribution in [0.1, 0.15) is 16.6 Å². The monoisotopic (exact) mass is 361 g/mol. The van der Waals surface area contributed by atoms with Crippen LogP contribution in [0.4, 0.5) is 14.5 Å². The fraction of sp³-hybridized carbons (Fsp3) is 0.111. The van der Waals surface area contributed by atoms with E-state index in [1.165, 1.54) is 43.3 Å². The van der Waals surface area contributed by atoms with E-state index < -0.39 is 29.6 Å². The Hall–Kier alpha value is -2.80. The number of amides is 1. The SMILES string of the molecule is C[C@@H](OC(=O)c1cc2cc(F)ccc2s1)C(=O)Nc1ccccc1F. The number of halogens is 2. The number of benzene rings is 2. The third kappa shape index (κ3) is 3.83. The predicted octanol–water partition coefficient (Wildman–Crippen LogP) is 4.36. The minimum Gasteiger partial charge on any atom is -0.448 e. The number of hydrogen-bond acceptors (Lipinski definition) is 4. The van der Waals surface area contributed by atoms with Gasteiger partial charge in [-0.15, -0.1) is 11.3 Å². The maximum Gasteiger partial charge on any atom is 0.349 e. The number of rotatable bonds is 4. The zero-order valence-electron chi connectivity index (χ0n) is 13.1. The van der Waals surface area contributed by atoms with E-state index in [0.717, 1.165) is 16.0 Å². The van der Waals surface area contributed by atoms with E-state index >= 15 is 0 Å². The summed E-state index contributed by atoms with van der Waals surface area (Å²) in [6.07, 6.45) is -1.12. The van der Waals surface area contributed by atoms with Crippen molar-refractivity contribution in [1.29, 1.82) is 0 Å². The highest BCUT2D eigenvalue weighted by Crippen LogP contribution is 2.27. The largest absolute Gasteiger partial charge is 0.448 e. The molecule has 1 N–H and O–H groups in total. The molecule has 0 saturated heterocycles. The molecule has 1 amide bonds. The fourth-order valence-corrected chi connectivity index (χ4v) is 3.11. The van der Waals surface area contributed by atoms with Gasteiger partial charge in [-0.2, -0.15) is 0 Å². The van der Waals surface area contributed by atoms with Gasteiger partial charge in [0.15, 0.2) is 6.10 Å². The number of thiophene rings is 1. The lowest BCUT2D eigenvalue weighted by Crippen LogP contribution is -2.30. The maximum absolute atomic E-state index is 13.5. The predicted molar refractivity (Wildman–Crippen MR) is 91.7 cm³/mol. The van der Waals surface area contributed by atoms with Gasteiger partial charge in [0.1, 0.15) is 16.5 Å². The molecule has 25 heavy (non-hydrogen) atoms. The Morgan fingerprint density at radius 3 is 2.64 bits per heavy atom. The van der Waals surface area contributed by atoms with Crippen LogP contribution in [0.25, 0.3) is 10.1 Å². The van der Waals surface area contributed by atoms with E-state index in [4.69, 9.17) is 4.74 Å². The normalized spacial score (nSPS) is 12.0. The van der Waals surface area contributed by atoms with Crippen LogP contribution in [0.5, 0.6) is 0 Å². The Kier molecular flexibility index (Phi) is 4.76. The average Bonchev–Trinajstić information content (AvgIpc) is 3.00. The molecular weight excluding hydrogens is 348 g/mol. The second-order valence-electron chi connectivity index (χ2n) is 5.31. The molecule has 0 aliphatic rings. The Morgan fingerprint density at radius 2 is 1.88 bits per heavy atom. The van der Waals surface area contributed by atoms with Gasteiger partial charge in [0.2, 0.25) is 0 Å². The van der Waals surface area contributed by atoms with Crippen LogP contribution < -0.4 is 5.32 Å². The Morgan fingerprint density at radius 1 is 1.12 bits per heavy atom. The summed E-state index contributed by atoms with van der Waals surface area (Å²) in [5, 5.41) is 2.95. The van der Waals surface area contributed by atoms with Gasteiger partial charge in [-0.05, 0) is 48.7 Å². The third-order valence-corrected chi connectivity index (χ3v) is 4.56. The van der Waals surface area contributed by atoms with Gasteiger partial charge in [-0.25, -0.2) is 13.6 Å². The molecule has 0 bridgehead atoms. The van der Waals surface area contributed by atoms with Crippen molar-refractivity contribution in [1.82, 2.24) is 0 Å². The van der Waals surface area contributed by atoms with Crippen LogP contribution >= 0.6 is 11.3 Å². The van der Waals surface area contributed by atoms with Gasteiger partial charge in [0.05, 0.1) is 5.69 Å². The molecule has 2 aromatic carbocycles. The minimum atomic E-state index is -1.12. The summed E-state index contributed by atoms with van der Waals surface area (Å²) in [5.74, 6) is -2.33. The fourth-order valence-electron chi connectivity index (χ4n) is 2.18. The van der Waals surface area contributed by atoms with Gasteiger partial charge in [-0.1, -0.05) is 12.1 Å². The first-order valence-corrected chi connectivity index (χ1v) is 8.21. The number of fused-ring (bicyclic) bond motifs is 1. The van der Waals surface area contributed by atoms with Gasteiger partial charge in [0, 0.05) is 4.70 Å². The lowest BCUT2D eigenvalue weighted by atomic mass is 10.2. The molecule has 3 aromatic rings. The van der Waals surface area contributed by atoms with Crippen molar-refractivity contribution in [2.24, 2.45) is 0 Å². The number of carbonyl (C=O) groups is 2. The summed E-state index contributed by atoms with van der Waals surface area (Å²) in [6, 6.07) is 11.4. The van der Waals surface area contributed by atoms with Gasteiger partial charge in [0.25, 0.3) is 5.91 Å². The number of ether oxygens (including phenoxy) is 1. The Balaban J connectivity index is 1.68. The molecule has 0 saturated carbocycles. The molecule has 0 radical (unpaired) electrons. The second-order valence-corrected chi connectivity index (χ2v) is 6.39. The molecule has 1 atom stereocenters. The van der Waals surface area contributed by atoms with Crippen LogP contribution in [0.15, 0.2) is 48.5 Å². The zero-order valence-corrected chi connectivity index (χ0v) is 13.9. The average molecular weight is 361 g/mol. The van der Waals surface area contributed by atoms with Crippen LogP contribution in [0, 0.1) is 11.6 Å². The standard InChI is InChI=1S/C18H13F2NO3S/c1-10(17(22)21-14-5-3-2-4-13(14)20)24-18(23)16-9-11-8-12(19)6-7-15(11)25-16/h2-10H,1H3,(H,21,22)/t10-/m1/s1. The highest BCUT2D eigenvalue weighted by molar-refractivity contribution is 7.20. The highest BCUT2D eigenvalue weighted by atomic mass is 32.1. The van der Waals surface area contributed by atoms with Crippen LogP contribution in [0.3, 0.4) is 0 Å². The summed E-state index contributed by atoms with van der Waals surface area (Å²) < 4.78 is 32.6. The number of esters is 1. The molecule has 1 heterocycles. The maximum atomic E-state index is 13.5. The minimum absolute atomic E-state index is 0.00716. The molecule has 0 unspecified atom stereocenters. The van der Waals surface area contributed by atoms with Crippen molar-refractivity contribution in [2.45, 2.75) is 13.0 Å². The van der Waals surface area contributed by atoms with E-state index in [1.54, 1.807) is 12.1 Å². The summed E-state index contributed by atoms with van der Waals surface area (Å²) in [7, 11) is 0. The van der Waals surface area contributed by atoms with E-state index in [2.05, 4.69) is 5.32 Å². The topological polar surface area (TPSA) is 55.4 Å².